The first-order valence-electron chi connectivity index (χ1n) is 5.65. The minimum absolute atomic E-state index is 0.374. The van der Waals surface area contributed by atoms with Crippen molar-refractivity contribution in [3.05, 3.63) is 29.8 Å². The zero-order valence-electron chi connectivity index (χ0n) is 9.95. The third-order valence-corrected chi connectivity index (χ3v) is 2.60. The average molecular weight is 257 g/mol. The molecule has 0 spiro atoms. The van der Waals surface area contributed by atoms with E-state index in [9.17, 15) is 4.79 Å². The second-order valence-electron chi connectivity index (χ2n) is 3.59. The molecule has 0 saturated carbocycles. The van der Waals surface area contributed by atoms with Crippen LogP contribution in [0.5, 0.6) is 5.75 Å². The van der Waals surface area contributed by atoms with Gasteiger partial charge in [-0.2, -0.15) is 0 Å². The number of carbonyl (C=O) groups excluding carboxylic acids is 1. The van der Waals surface area contributed by atoms with Gasteiger partial charge in [-0.1, -0.05) is 12.1 Å². The van der Waals surface area contributed by atoms with E-state index >= 15 is 0 Å². The highest BCUT2D eigenvalue weighted by Gasteiger charge is 2.11. The van der Waals surface area contributed by atoms with Gasteiger partial charge < -0.3 is 9.47 Å². The normalized spacial score (nSPS) is 10.0. The fraction of sp³-hybridized carbons (Fsp3) is 0.462. The number of carbonyl (C=O) groups is 1. The summed E-state index contributed by atoms with van der Waals surface area (Å²) in [5.41, 5.74) is 0.465. The third-order valence-electron chi connectivity index (χ3n) is 2.33. The highest BCUT2D eigenvalue weighted by Crippen LogP contribution is 2.19. The van der Waals surface area contributed by atoms with Crippen LogP contribution in [-0.4, -0.2) is 25.6 Å². The Balaban J connectivity index is 2.49. The van der Waals surface area contributed by atoms with Gasteiger partial charge in [0.05, 0.1) is 13.7 Å². The molecule has 0 N–H and O–H groups in total. The lowest BCUT2D eigenvalue weighted by Crippen LogP contribution is -2.06. The number of ether oxygens (including phenoxy) is 2. The number of methoxy groups -OCH3 is 1. The highest BCUT2D eigenvalue weighted by molar-refractivity contribution is 6.17. The molecule has 0 atom stereocenters. The van der Waals surface area contributed by atoms with Crippen LogP contribution in [0, 0.1) is 0 Å². The molecule has 4 heteroatoms. The molecule has 0 unspecified atom stereocenters. The minimum atomic E-state index is -0.374. The van der Waals surface area contributed by atoms with Gasteiger partial charge in [-0.25, -0.2) is 4.79 Å². The third kappa shape index (κ3) is 4.65. The second-order valence-corrected chi connectivity index (χ2v) is 3.96. The first-order valence-corrected chi connectivity index (χ1v) is 6.19. The Morgan fingerprint density at radius 3 is 2.71 bits per heavy atom. The molecule has 1 rings (SSSR count). The number of hydrogen-bond acceptors (Lipinski definition) is 3. The Bertz CT molecular complexity index is 352. The van der Waals surface area contributed by atoms with E-state index in [1.807, 2.05) is 6.07 Å². The van der Waals surface area contributed by atoms with E-state index in [1.165, 1.54) is 7.11 Å². The Morgan fingerprint density at radius 2 is 2.00 bits per heavy atom. The summed E-state index contributed by atoms with van der Waals surface area (Å²) in [5.74, 6) is 0.880. The summed E-state index contributed by atoms with van der Waals surface area (Å²) < 4.78 is 10.2. The van der Waals surface area contributed by atoms with Gasteiger partial charge in [-0.05, 0) is 31.4 Å². The van der Waals surface area contributed by atoms with Crippen LogP contribution in [-0.2, 0) is 4.74 Å². The summed E-state index contributed by atoms with van der Waals surface area (Å²) in [6, 6.07) is 7.08. The number of rotatable bonds is 7. The van der Waals surface area contributed by atoms with Gasteiger partial charge in [-0.3, -0.25) is 0 Å². The van der Waals surface area contributed by atoms with Gasteiger partial charge in [0.2, 0.25) is 0 Å². The molecule has 1 aromatic rings. The van der Waals surface area contributed by atoms with Crippen LogP contribution in [0.4, 0.5) is 0 Å². The lowest BCUT2D eigenvalue weighted by Gasteiger charge is -2.09. The van der Waals surface area contributed by atoms with E-state index in [1.54, 1.807) is 18.2 Å². The first kappa shape index (κ1) is 13.8. The number of halogens is 1. The molecule has 0 aliphatic rings. The molecule has 0 heterocycles. The molecule has 0 bridgehead atoms. The van der Waals surface area contributed by atoms with Gasteiger partial charge in [0.25, 0.3) is 0 Å². The molecular formula is C13H17ClO3. The SMILES string of the molecule is COC(=O)c1ccccc1OCCCCCCl. The quantitative estimate of drug-likeness (QED) is 0.427. The molecule has 1 aromatic carbocycles. The van der Waals surface area contributed by atoms with E-state index in [0.29, 0.717) is 23.8 Å². The van der Waals surface area contributed by atoms with Crippen molar-refractivity contribution in [2.45, 2.75) is 19.3 Å². The maximum atomic E-state index is 11.4. The number of para-hydroxylation sites is 1. The molecule has 0 amide bonds. The second kappa shape index (κ2) is 7.96. The maximum absolute atomic E-state index is 11.4. The van der Waals surface area contributed by atoms with Crippen molar-refractivity contribution in [3.8, 4) is 5.75 Å². The summed E-state index contributed by atoms with van der Waals surface area (Å²) >= 11 is 5.58. The number of hydrogen-bond donors (Lipinski definition) is 0. The Morgan fingerprint density at radius 1 is 1.24 bits per heavy atom. The number of esters is 1. The standard InChI is InChI=1S/C13H17ClO3/c1-16-13(15)11-7-3-4-8-12(11)17-10-6-2-5-9-14/h3-4,7-8H,2,5-6,9-10H2,1H3. The van der Waals surface area contributed by atoms with Gasteiger partial charge in [-0.15, -0.1) is 11.6 Å². The maximum Gasteiger partial charge on any atom is 0.341 e. The molecule has 0 radical (unpaired) electrons. The minimum Gasteiger partial charge on any atom is -0.493 e. The monoisotopic (exact) mass is 256 g/mol. The van der Waals surface area contributed by atoms with Gasteiger partial charge >= 0.3 is 5.97 Å². The fourth-order valence-corrected chi connectivity index (χ4v) is 1.62. The molecule has 3 nitrogen and oxygen atoms in total. The van der Waals surface area contributed by atoms with Crippen LogP contribution in [0.2, 0.25) is 0 Å². The average Bonchev–Trinajstić information content (AvgIpc) is 2.38. The van der Waals surface area contributed by atoms with Crippen molar-refractivity contribution >= 4 is 17.6 Å². The lowest BCUT2D eigenvalue weighted by molar-refractivity contribution is 0.0596. The van der Waals surface area contributed by atoms with Crippen molar-refractivity contribution < 1.29 is 14.3 Å². The van der Waals surface area contributed by atoms with Crippen LogP contribution < -0.4 is 4.74 Å². The summed E-state index contributed by atoms with van der Waals surface area (Å²) in [4.78, 5) is 11.4. The van der Waals surface area contributed by atoms with Gasteiger partial charge in [0.15, 0.2) is 0 Å². The van der Waals surface area contributed by atoms with Crippen molar-refractivity contribution in [1.29, 1.82) is 0 Å². The van der Waals surface area contributed by atoms with E-state index in [-0.39, 0.29) is 5.97 Å². The van der Waals surface area contributed by atoms with Crippen LogP contribution in [0.25, 0.3) is 0 Å². The van der Waals surface area contributed by atoms with Gasteiger partial charge in [0, 0.05) is 5.88 Å². The topological polar surface area (TPSA) is 35.5 Å². The van der Waals surface area contributed by atoms with Crippen LogP contribution in [0.15, 0.2) is 24.3 Å². The molecule has 0 fully saturated rings. The van der Waals surface area contributed by atoms with E-state index in [0.717, 1.165) is 19.3 Å². The number of unbranched alkanes of at least 4 members (excludes halogenated alkanes) is 2. The van der Waals surface area contributed by atoms with Crippen molar-refractivity contribution in [1.82, 2.24) is 0 Å². The van der Waals surface area contributed by atoms with E-state index in [4.69, 9.17) is 16.3 Å². The highest BCUT2D eigenvalue weighted by atomic mass is 35.5. The first-order chi connectivity index (χ1) is 8.29. The molecule has 0 aliphatic heterocycles. The van der Waals surface area contributed by atoms with Crippen molar-refractivity contribution in [2.75, 3.05) is 19.6 Å². The van der Waals surface area contributed by atoms with Crippen LogP contribution in [0.1, 0.15) is 29.6 Å². The van der Waals surface area contributed by atoms with E-state index in [2.05, 4.69) is 4.74 Å². The zero-order valence-corrected chi connectivity index (χ0v) is 10.7. The summed E-state index contributed by atoms with van der Waals surface area (Å²) in [5, 5.41) is 0. The summed E-state index contributed by atoms with van der Waals surface area (Å²) in [7, 11) is 1.36. The molecule has 0 saturated heterocycles. The van der Waals surface area contributed by atoms with Crippen LogP contribution in [0.3, 0.4) is 0 Å². The number of alkyl halides is 1. The smallest absolute Gasteiger partial charge is 0.341 e. The molecule has 94 valence electrons. The molecule has 0 aliphatic carbocycles. The largest absolute Gasteiger partial charge is 0.493 e. The predicted molar refractivity (Wildman–Crippen MR) is 67.8 cm³/mol. The van der Waals surface area contributed by atoms with E-state index < -0.39 is 0 Å². The molecular weight excluding hydrogens is 240 g/mol. The Labute approximate surface area is 107 Å². The van der Waals surface area contributed by atoms with Gasteiger partial charge in [0.1, 0.15) is 11.3 Å². The number of benzene rings is 1. The van der Waals surface area contributed by atoms with Crippen LogP contribution >= 0.6 is 11.6 Å². The molecule has 0 aromatic heterocycles. The van der Waals surface area contributed by atoms with Crippen molar-refractivity contribution in [2.24, 2.45) is 0 Å². The zero-order chi connectivity index (χ0) is 12.5. The lowest BCUT2D eigenvalue weighted by atomic mass is 10.2. The summed E-state index contributed by atoms with van der Waals surface area (Å²) in [6.45, 7) is 0.588. The summed E-state index contributed by atoms with van der Waals surface area (Å²) in [6.07, 6.45) is 2.95. The predicted octanol–water partition coefficient (Wildman–Crippen LogP) is 3.26. The Hall–Kier alpha value is -1.22. The van der Waals surface area contributed by atoms with Crippen molar-refractivity contribution in [3.63, 3.8) is 0 Å². The fourth-order valence-electron chi connectivity index (χ4n) is 1.43. The molecule has 17 heavy (non-hydrogen) atoms. The Kier molecular flexibility index (Phi) is 6.48.